The summed E-state index contributed by atoms with van der Waals surface area (Å²) >= 11 is 0. The molecule has 9 heteroatoms. The summed E-state index contributed by atoms with van der Waals surface area (Å²) in [4.78, 5) is 51.1. The summed E-state index contributed by atoms with van der Waals surface area (Å²) in [6, 6.07) is 6.31. The van der Waals surface area contributed by atoms with Crippen LogP contribution in [0.25, 0.3) is 0 Å². The summed E-state index contributed by atoms with van der Waals surface area (Å²) in [6.45, 7) is 6.95. The summed E-state index contributed by atoms with van der Waals surface area (Å²) in [6.07, 6.45) is 2.02. The number of esters is 1. The number of carbonyl (C=O) groups excluding carboxylic acids is 4. The summed E-state index contributed by atoms with van der Waals surface area (Å²) in [5.74, 6) is -0.829. The van der Waals surface area contributed by atoms with Crippen molar-refractivity contribution in [2.75, 3.05) is 20.3 Å². The predicted molar refractivity (Wildman–Crippen MR) is 120 cm³/mol. The first kappa shape index (κ1) is 24.5. The van der Waals surface area contributed by atoms with Crippen LogP contribution in [0.3, 0.4) is 0 Å². The van der Waals surface area contributed by atoms with Gasteiger partial charge >= 0.3 is 12.0 Å². The van der Waals surface area contributed by atoms with Crippen molar-refractivity contribution in [3.63, 3.8) is 0 Å². The molecular weight excluding hydrogens is 426 g/mol. The first-order valence-electron chi connectivity index (χ1n) is 11.2. The number of rotatable bonds is 7. The quantitative estimate of drug-likeness (QED) is 0.479. The molecule has 0 aromatic heterocycles. The molecule has 0 radical (unpaired) electrons. The second-order valence-electron chi connectivity index (χ2n) is 9.95. The van der Waals surface area contributed by atoms with E-state index in [1.165, 1.54) is 0 Å². The lowest BCUT2D eigenvalue weighted by Gasteiger charge is -2.43. The van der Waals surface area contributed by atoms with Crippen LogP contribution in [0.4, 0.5) is 4.79 Å². The lowest BCUT2D eigenvalue weighted by molar-refractivity contribution is -0.151. The molecule has 3 atom stereocenters. The van der Waals surface area contributed by atoms with Crippen LogP contribution < -0.4 is 15.4 Å². The van der Waals surface area contributed by atoms with E-state index < -0.39 is 42.5 Å². The zero-order valence-corrected chi connectivity index (χ0v) is 19.9. The molecule has 2 aliphatic rings. The first-order valence-corrected chi connectivity index (χ1v) is 11.2. The van der Waals surface area contributed by atoms with Gasteiger partial charge < -0.3 is 20.1 Å². The Balaban J connectivity index is 1.54. The highest BCUT2D eigenvalue weighted by molar-refractivity contribution is 6.08. The summed E-state index contributed by atoms with van der Waals surface area (Å²) in [7, 11) is 1.55. The smallest absolute Gasteiger partial charge is 0.326 e. The number of imide groups is 1. The molecule has 4 amide bonds. The molecule has 180 valence electrons. The molecule has 1 saturated heterocycles. The largest absolute Gasteiger partial charge is 0.496 e. The van der Waals surface area contributed by atoms with Crippen LogP contribution >= 0.6 is 0 Å². The number of para-hydroxylation sites is 1. The van der Waals surface area contributed by atoms with Crippen LogP contribution in [-0.2, 0) is 19.1 Å². The fourth-order valence-corrected chi connectivity index (χ4v) is 5.36. The van der Waals surface area contributed by atoms with Gasteiger partial charge in [0.05, 0.1) is 13.2 Å². The Morgan fingerprint density at radius 3 is 2.61 bits per heavy atom. The van der Waals surface area contributed by atoms with Gasteiger partial charge in [-0.2, -0.15) is 0 Å². The maximum absolute atomic E-state index is 13.1. The molecule has 1 spiro atoms. The number of nitrogens with one attached hydrogen (secondary N) is 2. The van der Waals surface area contributed by atoms with Crippen LogP contribution in [0.15, 0.2) is 24.3 Å². The number of hydrogen-bond acceptors (Lipinski definition) is 6. The van der Waals surface area contributed by atoms with Gasteiger partial charge in [0, 0.05) is 5.56 Å². The second-order valence-corrected chi connectivity index (χ2v) is 9.95. The highest BCUT2D eigenvalue weighted by Crippen LogP contribution is 2.46. The van der Waals surface area contributed by atoms with Crippen molar-refractivity contribution in [2.45, 2.75) is 58.5 Å². The molecule has 9 nitrogen and oxygen atoms in total. The molecule has 0 unspecified atom stereocenters. The minimum Gasteiger partial charge on any atom is -0.496 e. The maximum Gasteiger partial charge on any atom is 0.326 e. The molecule has 0 bridgehead atoms. The normalized spacial score (nSPS) is 24.9. The van der Waals surface area contributed by atoms with Gasteiger partial charge in [-0.25, -0.2) is 4.79 Å². The van der Waals surface area contributed by atoms with Crippen molar-refractivity contribution < 1.29 is 28.7 Å². The van der Waals surface area contributed by atoms with Crippen molar-refractivity contribution in [2.24, 2.45) is 11.3 Å². The minimum absolute atomic E-state index is 0.104. The summed E-state index contributed by atoms with van der Waals surface area (Å²) in [5.41, 5.74) is -0.304. The van der Waals surface area contributed by atoms with Crippen LogP contribution in [0, 0.1) is 11.3 Å². The van der Waals surface area contributed by atoms with Crippen LogP contribution in [0.2, 0.25) is 0 Å². The highest BCUT2D eigenvalue weighted by atomic mass is 16.5. The SMILES string of the molecule is COc1ccccc1[C@H](C)NC(=O)COC(=O)CN1C(=O)N[C@@]2(C[C@H](C)CC(C)(C)C2)C1=O. The van der Waals surface area contributed by atoms with E-state index in [1.807, 2.05) is 18.2 Å². The molecule has 33 heavy (non-hydrogen) atoms. The molecule has 2 N–H and O–H groups in total. The van der Waals surface area contributed by atoms with E-state index >= 15 is 0 Å². The third-order valence-electron chi connectivity index (χ3n) is 6.26. The number of benzene rings is 1. The van der Waals surface area contributed by atoms with Crippen LogP contribution in [0.1, 0.15) is 58.6 Å². The molecular formula is C24H33N3O6. The van der Waals surface area contributed by atoms with Gasteiger partial charge in [-0.15, -0.1) is 0 Å². The lowest BCUT2D eigenvalue weighted by Crippen LogP contribution is -2.54. The Hall–Kier alpha value is -3.10. The van der Waals surface area contributed by atoms with Crippen molar-refractivity contribution in [3.8, 4) is 5.75 Å². The Morgan fingerprint density at radius 2 is 1.94 bits per heavy atom. The average molecular weight is 460 g/mol. The van der Waals surface area contributed by atoms with Crippen molar-refractivity contribution in [1.82, 2.24) is 15.5 Å². The van der Waals surface area contributed by atoms with Gasteiger partial charge in [0.1, 0.15) is 17.8 Å². The van der Waals surface area contributed by atoms with E-state index in [2.05, 4.69) is 31.4 Å². The number of hydrogen-bond donors (Lipinski definition) is 2. The molecule has 1 aliphatic heterocycles. The first-order chi connectivity index (χ1) is 15.5. The van der Waals surface area contributed by atoms with Gasteiger partial charge in [0.15, 0.2) is 6.61 Å². The van der Waals surface area contributed by atoms with Crippen molar-refractivity contribution >= 4 is 23.8 Å². The molecule has 2 fully saturated rings. The molecule has 1 saturated carbocycles. The third-order valence-corrected chi connectivity index (χ3v) is 6.26. The summed E-state index contributed by atoms with van der Waals surface area (Å²) < 4.78 is 10.3. The topological polar surface area (TPSA) is 114 Å². The number of amides is 4. The van der Waals surface area contributed by atoms with Gasteiger partial charge in [-0.3, -0.25) is 19.3 Å². The fraction of sp³-hybridized carbons (Fsp3) is 0.583. The van der Waals surface area contributed by atoms with E-state index in [0.717, 1.165) is 16.9 Å². The molecule has 3 rings (SSSR count). The Morgan fingerprint density at radius 1 is 1.24 bits per heavy atom. The third kappa shape index (κ3) is 5.46. The molecule has 1 aliphatic carbocycles. The Bertz CT molecular complexity index is 946. The number of nitrogens with zero attached hydrogens (tertiary/aromatic N) is 1. The van der Waals surface area contributed by atoms with E-state index in [4.69, 9.17) is 9.47 Å². The molecule has 1 aromatic carbocycles. The van der Waals surface area contributed by atoms with E-state index in [1.54, 1.807) is 20.1 Å². The van der Waals surface area contributed by atoms with Crippen molar-refractivity contribution in [1.29, 1.82) is 0 Å². The molecule has 1 aromatic rings. The standard InChI is InChI=1S/C24H33N3O6/c1-15-10-23(3,4)14-24(11-15)21(30)27(22(31)26-24)12-20(29)33-13-19(28)25-16(2)17-8-6-7-9-18(17)32-5/h6-9,15-16H,10-14H2,1-5H3,(H,25,28)(H,26,31)/t15-,16+,24-/m1/s1. The fourth-order valence-electron chi connectivity index (χ4n) is 5.36. The number of urea groups is 1. The van der Waals surface area contributed by atoms with Gasteiger partial charge in [-0.1, -0.05) is 39.0 Å². The van der Waals surface area contributed by atoms with Crippen LogP contribution in [-0.4, -0.2) is 54.5 Å². The maximum atomic E-state index is 13.1. The van der Waals surface area contributed by atoms with E-state index in [9.17, 15) is 19.2 Å². The van der Waals surface area contributed by atoms with E-state index in [-0.39, 0.29) is 17.4 Å². The molecule has 1 heterocycles. The number of methoxy groups -OCH3 is 1. The predicted octanol–water partition coefficient (Wildman–Crippen LogP) is 2.55. The average Bonchev–Trinajstić information content (AvgIpc) is 2.93. The highest BCUT2D eigenvalue weighted by Gasteiger charge is 2.56. The van der Waals surface area contributed by atoms with Gasteiger partial charge in [0.25, 0.3) is 11.8 Å². The Kier molecular flexibility index (Phi) is 7.00. The minimum atomic E-state index is -0.986. The van der Waals surface area contributed by atoms with Gasteiger partial charge in [-0.05, 0) is 43.6 Å². The number of carbonyl (C=O) groups is 4. The van der Waals surface area contributed by atoms with Crippen LogP contribution in [0.5, 0.6) is 5.75 Å². The number of ether oxygens (including phenoxy) is 2. The monoisotopic (exact) mass is 459 g/mol. The van der Waals surface area contributed by atoms with Crippen molar-refractivity contribution in [3.05, 3.63) is 29.8 Å². The second kappa shape index (κ2) is 9.41. The zero-order chi connectivity index (χ0) is 24.4. The lowest BCUT2D eigenvalue weighted by atomic mass is 9.64. The Labute approximate surface area is 194 Å². The zero-order valence-electron chi connectivity index (χ0n) is 19.9. The van der Waals surface area contributed by atoms with E-state index in [0.29, 0.717) is 18.6 Å². The summed E-state index contributed by atoms with van der Waals surface area (Å²) in [5, 5.41) is 5.56. The van der Waals surface area contributed by atoms with Gasteiger partial charge in [0.2, 0.25) is 0 Å².